The largest absolute Gasteiger partial charge is 0.369 e. The molecule has 1 aliphatic heterocycles. The molecule has 1 saturated heterocycles. The molecular weight excluding hydrogens is 272 g/mol. The van der Waals surface area contributed by atoms with Crippen LogP contribution in [-0.4, -0.2) is 44.0 Å². The van der Waals surface area contributed by atoms with Gasteiger partial charge in [-0.25, -0.2) is 8.78 Å². The number of benzene rings is 1. The predicted octanol–water partition coefficient (Wildman–Crippen LogP) is 2.60. The number of nitriles is 1. The van der Waals surface area contributed by atoms with Crippen LogP contribution in [0.15, 0.2) is 18.2 Å². The van der Waals surface area contributed by atoms with Gasteiger partial charge in [0.2, 0.25) is 0 Å². The average Bonchev–Trinajstić information content (AvgIpc) is 2.39. The molecule has 0 aliphatic carbocycles. The fraction of sp³-hybridized carbons (Fsp3) is 0.462. The van der Waals surface area contributed by atoms with Gasteiger partial charge in [-0.3, -0.25) is 4.90 Å². The number of alkyl halides is 2. The van der Waals surface area contributed by atoms with E-state index >= 15 is 0 Å². The molecule has 0 N–H and O–H groups in total. The summed E-state index contributed by atoms with van der Waals surface area (Å²) < 4.78 is 24.5. The first-order valence-electron chi connectivity index (χ1n) is 6.05. The van der Waals surface area contributed by atoms with Gasteiger partial charge in [-0.05, 0) is 18.2 Å². The highest BCUT2D eigenvalue weighted by atomic mass is 35.5. The average molecular weight is 286 g/mol. The van der Waals surface area contributed by atoms with E-state index in [4.69, 9.17) is 16.9 Å². The van der Waals surface area contributed by atoms with Crippen molar-refractivity contribution >= 4 is 17.3 Å². The van der Waals surface area contributed by atoms with Crippen LogP contribution in [0.2, 0.25) is 5.02 Å². The van der Waals surface area contributed by atoms with E-state index in [0.29, 0.717) is 36.8 Å². The summed E-state index contributed by atoms with van der Waals surface area (Å²) in [7, 11) is 0. The topological polar surface area (TPSA) is 30.3 Å². The third kappa shape index (κ3) is 3.55. The molecule has 0 aromatic heterocycles. The number of rotatable bonds is 3. The molecule has 0 atom stereocenters. The van der Waals surface area contributed by atoms with Gasteiger partial charge in [0.05, 0.1) is 17.1 Å². The first kappa shape index (κ1) is 14.0. The Morgan fingerprint density at radius 1 is 1.26 bits per heavy atom. The van der Waals surface area contributed by atoms with Crippen molar-refractivity contribution in [2.45, 2.75) is 6.43 Å². The highest BCUT2D eigenvalue weighted by Crippen LogP contribution is 2.24. The second-order valence-corrected chi connectivity index (χ2v) is 4.86. The van der Waals surface area contributed by atoms with E-state index in [1.54, 1.807) is 17.0 Å². The summed E-state index contributed by atoms with van der Waals surface area (Å²) in [5.74, 6) is 0. The van der Waals surface area contributed by atoms with Gasteiger partial charge in [0.15, 0.2) is 0 Å². The third-order valence-electron chi connectivity index (χ3n) is 3.21. The van der Waals surface area contributed by atoms with Gasteiger partial charge in [0.25, 0.3) is 6.43 Å². The van der Waals surface area contributed by atoms with E-state index in [-0.39, 0.29) is 6.54 Å². The van der Waals surface area contributed by atoms with E-state index in [2.05, 4.69) is 4.90 Å². The lowest BCUT2D eigenvalue weighted by Gasteiger charge is -2.36. The molecule has 3 nitrogen and oxygen atoms in total. The van der Waals surface area contributed by atoms with E-state index in [1.165, 1.54) is 0 Å². The molecule has 1 aromatic rings. The predicted molar refractivity (Wildman–Crippen MR) is 70.8 cm³/mol. The molecule has 1 heterocycles. The Hall–Kier alpha value is -1.38. The molecule has 0 radical (unpaired) electrons. The van der Waals surface area contributed by atoms with Crippen LogP contribution in [0.5, 0.6) is 0 Å². The van der Waals surface area contributed by atoms with Crippen LogP contribution in [0.4, 0.5) is 14.5 Å². The van der Waals surface area contributed by atoms with Crippen molar-refractivity contribution in [3.8, 4) is 6.07 Å². The monoisotopic (exact) mass is 285 g/mol. The first-order valence-corrected chi connectivity index (χ1v) is 6.43. The van der Waals surface area contributed by atoms with E-state index in [9.17, 15) is 8.78 Å². The highest BCUT2D eigenvalue weighted by molar-refractivity contribution is 6.32. The molecule has 19 heavy (non-hydrogen) atoms. The molecule has 6 heteroatoms. The Bertz CT molecular complexity index is 479. The highest BCUT2D eigenvalue weighted by Gasteiger charge is 2.20. The van der Waals surface area contributed by atoms with Crippen molar-refractivity contribution in [2.75, 3.05) is 37.6 Å². The third-order valence-corrected chi connectivity index (χ3v) is 3.52. The number of nitrogens with zero attached hydrogens (tertiary/aromatic N) is 3. The van der Waals surface area contributed by atoms with Crippen molar-refractivity contribution in [1.29, 1.82) is 5.26 Å². The van der Waals surface area contributed by atoms with Gasteiger partial charge >= 0.3 is 0 Å². The maximum Gasteiger partial charge on any atom is 0.251 e. The quantitative estimate of drug-likeness (QED) is 0.855. The normalized spacial score (nSPS) is 16.7. The lowest BCUT2D eigenvalue weighted by atomic mass is 10.2. The van der Waals surface area contributed by atoms with E-state index in [0.717, 1.165) is 5.69 Å². The second kappa shape index (κ2) is 6.18. The number of hydrogen-bond donors (Lipinski definition) is 0. The van der Waals surface area contributed by atoms with Crippen LogP contribution in [0, 0.1) is 11.3 Å². The molecule has 1 fully saturated rings. The zero-order chi connectivity index (χ0) is 13.8. The first-order chi connectivity index (χ1) is 9.10. The molecule has 0 spiro atoms. The molecule has 102 valence electrons. The zero-order valence-electron chi connectivity index (χ0n) is 10.3. The lowest BCUT2D eigenvalue weighted by molar-refractivity contribution is 0.0854. The molecule has 2 rings (SSSR count). The molecular formula is C13H14ClF2N3. The molecule has 1 aliphatic rings. The maximum absolute atomic E-state index is 12.3. The Kier molecular flexibility index (Phi) is 4.56. The van der Waals surface area contributed by atoms with Crippen LogP contribution in [0.1, 0.15) is 5.56 Å². The van der Waals surface area contributed by atoms with E-state index < -0.39 is 6.43 Å². The SMILES string of the molecule is N#Cc1ccc(N2CCN(CC(F)F)CC2)cc1Cl. The van der Waals surface area contributed by atoms with Crippen LogP contribution in [0.25, 0.3) is 0 Å². The van der Waals surface area contributed by atoms with Gasteiger partial charge < -0.3 is 4.90 Å². The van der Waals surface area contributed by atoms with Crippen molar-refractivity contribution in [1.82, 2.24) is 4.90 Å². The maximum atomic E-state index is 12.3. The minimum atomic E-state index is -2.28. The Morgan fingerprint density at radius 2 is 1.95 bits per heavy atom. The molecule has 0 amide bonds. The second-order valence-electron chi connectivity index (χ2n) is 4.45. The van der Waals surface area contributed by atoms with Crippen molar-refractivity contribution in [3.63, 3.8) is 0 Å². The molecule has 1 aromatic carbocycles. The summed E-state index contributed by atoms with van der Waals surface area (Å²) in [4.78, 5) is 3.85. The van der Waals surface area contributed by atoms with Crippen LogP contribution in [-0.2, 0) is 0 Å². The lowest BCUT2D eigenvalue weighted by Crippen LogP contribution is -2.47. The summed E-state index contributed by atoms with van der Waals surface area (Å²) in [5.41, 5.74) is 1.38. The Balaban J connectivity index is 1.98. The zero-order valence-corrected chi connectivity index (χ0v) is 11.1. The van der Waals surface area contributed by atoms with Gasteiger partial charge in [-0.1, -0.05) is 11.6 Å². The summed E-state index contributed by atoms with van der Waals surface area (Å²) in [6, 6.07) is 7.29. The Morgan fingerprint density at radius 3 is 2.47 bits per heavy atom. The van der Waals surface area contributed by atoms with Crippen LogP contribution >= 0.6 is 11.6 Å². The van der Waals surface area contributed by atoms with Crippen LogP contribution in [0.3, 0.4) is 0 Å². The smallest absolute Gasteiger partial charge is 0.251 e. The van der Waals surface area contributed by atoms with Crippen LogP contribution < -0.4 is 4.90 Å². The van der Waals surface area contributed by atoms with E-state index in [1.807, 2.05) is 12.1 Å². The fourth-order valence-corrected chi connectivity index (χ4v) is 2.39. The number of halogens is 3. The standard InChI is InChI=1S/C13H14ClF2N3/c14-12-7-11(2-1-10(12)8-17)19-5-3-18(4-6-19)9-13(15)16/h1-2,7,13H,3-6,9H2. The van der Waals surface area contributed by atoms with Gasteiger partial charge in [0, 0.05) is 31.9 Å². The fourth-order valence-electron chi connectivity index (χ4n) is 2.18. The van der Waals surface area contributed by atoms with Crippen molar-refractivity contribution < 1.29 is 8.78 Å². The Labute approximate surface area is 116 Å². The number of hydrogen-bond acceptors (Lipinski definition) is 3. The molecule has 0 bridgehead atoms. The van der Waals surface area contributed by atoms with Gasteiger partial charge in [-0.2, -0.15) is 5.26 Å². The molecule has 0 unspecified atom stereocenters. The summed E-state index contributed by atoms with van der Waals surface area (Å²) in [6.45, 7) is 2.44. The molecule has 0 saturated carbocycles. The van der Waals surface area contributed by atoms with Gasteiger partial charge in [-0.15, -0.1) is 0 Å². The minimum Gasteiger partial charge on any atom is -0.369 e. The summed E-state index contributed by atoms with van der Waals surface area (Å²) >= 11 is 5.99. The van der Waals surface area contributed by atoms with Crippen molar-refractivity contribution in [2.24, 2.45) is 0 Å². The minimum absolute atomic E-state index is 0.165. The van der Waals surface area contributed by atoms with Crippen molar-refractivity contribution in [3.05, 3.63) is 28.8 Å². The number of anilines is 1. The summed E-state index contributed by atoms with van der Waals surface area (Å²) in [5, 5.41) is 9.24. The summed E-state index contributed by atoms with van der Waals surface area (Å²) in [6.07, 6.45) is -2.28. The number of piperazine rings is 1. The van der Waals surface area contributed by atoms with Gasteiger partial charge in [0.1, 0.15) is 6.07 Å².